The molecule has 1 saturated carbocycles. The van der Waals surface area contributed by atoms with E-state index in [1.165, 1.54) is 24.8 Å². The van der Waals surface area contributed by atoms with Crippen LogP contribution in [0.1, 0.15) is 50.0 Å². The highest BCUT2D eigenvalue weighted by Gasteiger charge is 2.25. The Kier molecular flexibility index (Phi) is 6.69. The van der Waals surface area contributed by atoms with Crippen LogP contribution in [0.5, 0.6) is 0 Å². The normalized spacial score (nSPS) is 30.6. The van der Waals surface area contributed by atoms with Gasteiger partial charge >= 0.3 is 0 Å². The van der Waals surface area contributed by atoms with E-state index in [2.05, 4.69) is 24.0 Å². The molecule has 2 aliphatic carbocycles. The van der Waals surface area contributed by atoms with Gasteiger partial charge in [-0.1, -0.05) is 54.3 Å². The monoisotopic (exact) mass is 352 g/mol. The van der Waals surface area contributed by atoms with Gasteiger partial charge in [0.1, 0.15) is 0 Å². The van der Waals surface area contributed by atoms with Gasteiger partial charge in [0.2, 0.25) is 5.67 Å². The van der Waals surface area contributed by atoms with Gasteiger partial charge in [-0.05, 0) is 62.2 Å². The van der Waals surface area contributed by atoms with Crippen LogP contribution in [-0.2, 0) is 4.74 Å². The van der Waals surface area contributed by atoms with Crippen LogP contribution in [0.15, 0.2) is 54.6 Å². The maximum atomic E-state index is 14.9. The number of alkyl halides is 1. The highest BCUT2D eigenvalue weighted by atomic mass is 19.1. The Balaban J connectivity index is 1.50. The summed E-state index contributed by atoms with van der Waals surface area (Å²) in [6, 6.07) is 10.2. The van der Waals surface area contributed by atoms with E-state index in [0.717, 1.165) is 31.8 Å². The molecule has 0 saturated heterocycles. The van der Waals surface area contributed by atoms with E-state index < -0.39 is 5.67 Å². The molecule has 0 spiro atoms. The van der Waals surface area contributed by atoms with Gasteiger partial charge in [0, 0.05) is 25.6 Å². The van der Waals surface area contributed by atoms with Gasteiger partial charge in [-0.25, -0.2) is 4.39 Å². The zero-order valence-corrected chi connectivity index (χ0v) is 15.7. The Morgan fingerprint density at radius 1 is 1.08 bits per heavy atom. The van der Waals surface area contributed by atoms with Gasteiger partial charge in [-0.2, -0.15) is 0 Å². The lowest BCUT2D eigenvalue weighted by atomic mass is 9.80. The minimum absolute atomic E-state index is 0.143. The van der Waals surface area contributed by atoms with Crippen LogP contribution in [0, 0.1) is 23.7 Å². The van der Waals surface area contributed by atoms with Crippen molar-refractivity contribution in [2.45, 2.75) is 50.1 Å². The molecule has 1 aromatic carbocycles. The highest BCUT2D eigenvalue weighted by Crippen LogP contribution is 2.32. The lowest BCUT2D eigenvalue weighted by Gasteiger charge is -2.26. The summed E-state index contributed by atoms with van der Waals surface area (Å²) < 4.78 is 20.1. The molecule has 1 fully saturated rings. The second-order valence-electron chi connectivity index (χ2n) is 7.54. The molecule has 2 aliphatic rings. The second-order valence-corrected chi connectivity index (χ2v) is 7.54. The van der Waals surface area contributed by atoms with Crippen molar-refractivity contribution in [1.29, 1.82) is 0 Å². The first-order valence-corrected chi connectivity index (χ1v) is 9.83. The summed E-state index contributed by atoms with van der Waals surface area (Å²) in [6.45, 7) is 0.854. The quantitative estimate of drug-likeness (QED) is 0.367. The molecular formula is C24H29FO. The number of allylic oxidation sites excluding steroid dienone is 4. The first-order valence-electron chi connectivity index (χ1n) is 9.83. The predicted octanol–water partition coefficient (Wildman–Crippen LogP) is 5.84. The third kappa shape index (κ3) is 5.32. The Morgan fingerprint density at radius 2 is 1.77 bits per heavy atom. The standard InChI is InChI=1S/C24H29FO/c1-26-19-5-6-20-9-11-21(12-10-20)13-16-24(25)17-14-23(15-18-24)22-7-3-2-4-8-22/h2-4,7-8,14-15,17-18,20-21,23H,5-6,9-12,19H2,1H3. The minimum atomic E-state index is -1.61. The van der Waals surface area contributed by atoms with Crippen molar-refractivity contribution in [2.24, 2.45) is 11.8 Å². The van der Waals surface area contributed by atoms with Crippen LogP contribution >= 0.6 is 0 Å². The number of halogens is 1. The summed E-state index contributed by atoms with van der Waals surface area (Å²) in [5.74, 6) is 7.40. The zero-order valence-electron chi connectivity index (χ0n) is 15.7. The average molecular weight is 352 g/mol. The molecule has 0 radical (unpaired) electrons. The fourth-order valence-corrected chi connectivity index (χ4v) is 3.91. The van der Waals surface area contributed by atoms with Crippen LogP contribution in [0.4, 0.5) is 4.39 Å². The smallest absolute Gasteiger partial charge is 0.207 e. The SMILES string of the molecule is COCCCC1CCC(C#CC2(F)C=CC(c3ccccc3)C=C2)CC1. The number of methoxy groups -OCH3 is 1. The molecule has 0 bridgehead atoms. The van der Waals surface area contributed by atoms with Gasteiger partial charge in [0.15, 0.2) is 0 Å². The first-order chi connectivity index (χ1) is 12.7. The Labute approximate surface area is 157 Å². The molecule has 3 rings (SSSR count). The Hall–Kier alpha value is -1.85. The predicted molar refractivity (Wildman–Crippen MR) is 106 cm³/mol. The molecule has 0 atom stereocenters. The maximum Gasteiger partial charge on any atom is 0.207 e. The van der Waals surface area contributed by atoms with E-state index in [1.54, 1.807) is 19.3 Å². The fourth-order valence-electron chi connectivity index (χ4n) is 3.91. The van der Waals surface area contributed by atoms with Crippen LogP contribution in [0.2, 0.25) is 0 Å². The molecular weight excluding hydrogens is 323 g/mol. The number of rotatable bonds is 5. The van der Waals surface area contributed by atoms with Crippen molar-refractivity contribution in [3.63, 3.8) is 0 Å². The molecule has 0 aliphatic heterocycles. The number of ether oxygens (including phenoxy) is 1. The third-order valence-electron chi connectivity index (χ3n) is 5.55. The topological polar surface area (TPSA) is 9.23 Å². The van der Waals surface area contributed by atoms with E-state index in [-0.39, 0.29) is 5.92 Å². The van der Waals surface area contributed by atoms with E-state index in [9.17, 15) is 4.39 Å². The lowest BCUT2D eigenvalue weighted by molar-refractivity contribution is 0.179. The van der Waals surface area contributed by atoms with Gasteiger partial charge in [-0.3, -0.25) is 0 Å². The molecule has 138 valence electrons. The van der Waals surface area contributed by atoms with Crippen molar-refractivity contribution < 1.29 is 9.13 Å². The van der Waals surface area contributed by atoms with Crippen molar-refractivity contribution in [1.82, 2.24) is 0 Å². The summed E-state index contributed by atoms with van der Waals surface area (Å²) >= 11 is 0. The molecule has 0 N–H and O–H groups in total. The minimum Gasteiger partial charge on any atom is -0.385 e. The fraction of sp³-hybridized carbons (Fsp3) is 0.500. The maximum absolute atomic E-state index is 14.9. The molecule has 1 aromatic rings. The van der Waals surface area contributed by atoms with E-state index in [1.807, 2.05) is 30.4 Å². The lowest BCUT2D eigenvalue weighted by Crippen LogP contribution is -2.19. The van der Waals surface area contributed by atoms with Crippen LogP contribution in [0.3, 0.4) is 0 Å². The van der Waals surface area contributed by atoms with Gasteiger partial charge < -0.3 is 4.74 Å². The number of hydrogen-bond donors (Lipinski definition) is 0. The van der Waals surface area contributed by atoms with E-state index >= 15 is 0 Å². The number of hydrogen-bond acceptors (Lipinski definition) is 1. The molecule has 2 heteroatoms. The molecule has 0 amide bonds. The largest absolute Gasteiger partial charge is 0.385 e. The summed E-state index contributed by atoms with van der Waals surface area (Å²) in [5, 5.41) is 0. The molecule has 0 unspecified atom stereocenters. The molecule has 1 nitrogen and oxygen atoms in total. The van der Waals surface area contributed by atoms with Crippen LogP contribution in [-0.4, -0.2) is 19.4 Å². The Bertz CT molecular complexity index is 657. The van der Waals surface area contributed by atoms with Gasteiger partial charge in [0.05, 0.1) is 0 Å². The summed E-state index contributed by atoms with van der Waals surface area (Å²) in [7, 11) is 1.76. The summed E-state index contributed by atoms with van der Waals surface area (Å²) in [4.78, 5) is 0. The van der Waals surface area contributed by atoms with Crippen LogP contribution < -0.4 is 0 Å². The molecule has 26 heavy (non-hydrogen) atoms. The highest BCUT2D eigenvalue weighted by molar-refractivity contribution is 5.41. The summed E-state index contributed by atoms with van der Waals surface area (Å²) in [6.07, 6.45) is 14.1. The first kappa shape index (κ1) is 18.9. The third-order valence-corrected chi connectivity index (χ3v) is 5.55. The van der Waals surface area contributed by atoms with E-state index in [0.29, 0.717) is 5.92 Å². The average Bonchev–Trinajstić information content (AvgIpc) is 2.69. The summed E-state index contributed by atoms with van der Waals surface area (Å²) in [5.41, 5.74) is -0.428. The molecule has 0 aromatic heterocycles. The van der Waals surface area contributed by atoms with Crippen molar-refractivity contribution in [3.8, 4) is 11.8 Å². The van der Waals surface area contributed by atoms with E-state index in [4.69, 9.17) is 4.74 Å². The van der Waals surface area contributed by atoms with Gasteiger partial charge in [0.25, 0.3) is 0 Å². The zero-order chi connectivity index (χ0) is 18.2. The van der Waals surface area contributed by atoms with Crippen molar-refractivity contribution in [3.05, 3.63) is 60.2 Å². The second kappa shape index (κ2) is 9.19. The number of benzene rings is 1. The molecule has 0 heterocycles. The van der Waals surface area contributed by atoms with Gasteiger partial charge in [-0.15, -0.1) is 0 Å². The van der Waals surface area contributed by atoms with Crippen LogP contribution in [0.25, 0.3) is 0 Å². The van der Waals surface area contributed by atoms with Crippen molar-refractivity contribution in [2.75, 3.05) is 13.7 Å². The Morgan fingerprint density at radius 3 is 2.42 bits per heavy atom. The van der Waals surface area contributed by atoms with Crippen molar-refractivity contribution >= 4 is 0 Å².